The zero-order valence-electron chi connectivity index (χ0n) is 8.11. The molecule has 2 heterocycles. The molecule has 2 aromatic heterocycles. The predicted molar refractivity (Wildman–Crippen MR) is 55.9 cm³/mol. The number of nitrogen functional groups attached to an aromatic ring is 1. The van der Waals surface area contributed by atoms with Gasteiger partial charge in [-0.05, 0) is 6.07 Å². The molecule has 0 bridgehead atoms. The lowest BCUT2D eigenvalue weighted by Gasteiger charge is -1.95. The van der Waals surface area contributed by atoms with E-state index >= 15 is 0 Å². The number of nitrogens with one attached hydrogen (secondary N) is 1. The van der Waals surface area contributed by atoms with Gasteiger partial charge in [-0.3, -0.25) is 4.79 Å². The molecule has 5 heteroatoms. The van der Waals surface area contributed by atoms with Crippen LogP contribution in [0.5, 0.6) is 0 Å². The van der Waals surface area contributed by atoms with Gasteiger partial charge in [-0.1, -0.05) is 13.8 Å². The summed E-state index contributed by atoms with van der Waals surface area (Å²) in [6, 6.07) is 3.06. The van der Waals surface area contributed by atoms with Crippen LogP contribution in [0, 0.1) is 0 Å². The first kappa shape index (κ1) is 10.2. The first-order valence-corrected chi connectivity index (χ1v) is 4.37. The molecule has 2 rings (SSSR count). The Morgan fingerprint density at radius 1 is 1.36 bits per heavy atom. The van der Waals surface area contributed by atoms with Crippen molar-refractivity contribution in [1.29, 1.82) is 0 Å². The number of pyridine rings is 1. The number of hydrogen-bond donors (Lipinski definition) is 2. The highest BCUT2D eigenvalue weighted by Gasteiger charge is 1.95. The summed E-state index contributed by atoms with van der Waals surface area (Å²) in [7, 11) is 0. The number of aromatic nitrogens is 3. The molecule has 14 heavy (non-hydrogen) atoms. The average Bonchev–Trinajstić information content (AvgIpc) is 2.20. The van der Waals surface area contributed by atoms with Crippen molar-refractivity contribution in [2.24, 2.45) is 0 Å². The molecular formula is C9H12N4O. The Bertz CT molecular complexity index is 477. The number of rotatable bonds is 0. The number of hydrogen-bond acceptors (Lipinski definition) is 4. The van der Waals surface area contributed by atoms with Gasteiger partial charge in [0.1, 0.15) is 5.65 Å². The molecule has 0 aliphatic rings. The number of nitrogens with zero attached hydrogens (tertiary/aromatic N) is 2. The van der Waals surface area contributed by atoms with Crippen LogP contribution in [-0.4, -0.2) is 15.0 Å². The van der Waals surface area contributed by atoms with Gasteiger partial charge in [0.05, 0.1) is 0 Å². The normalized spacial score (nSPS) is 9.29. The zero-order chi connectivity index (χ0) is 10.6. The number of anilines is 1. The van der Waals surface area contributed by atoms with Gasteiger partial charge in [0.25, 0.3) is 0 Å². The predicted octanol–water partition coefficient (Wildman–Crippen LogP) is 0.927. The Balaban J connectivity index is 0.000000461. The van der Waals surface area contributed by atoms with E-state index in [-0.39, 0.29) is 11.5 Å². The van der Waals surface area contributed by atoms with E-state index < -0.39 is 0 Å². The van der Waals surface area contributed by atoms with E-state index in [1.165, 1.54) is 6.07 Å². The largest absolute Gasteiger partial charge is 0.368 e. The fourth-order valence-corrected chi connectivity index (χ4v) is 0.951. The van der Waals surface area contributed by atoms with Crippen LogP contribution in [0.15, 0.2) is 23.1 Å². The highest BCUT2D eigenvalue weighted by Crippen LogP contribution is 2.04. The van der Waals surface area contributed by atoms with Crippen molar-refractivity contribution in [3.63, 3.8) is 0 Å². The fourth-order valence-electron chi connectivity index (χ4n) is 0.951. The molecule has 0 aromatic carbocycles. The molecule has 0 fully saturated rings. The molecule has 0 radical (unpaired) electrons. The van der Waals surface area contributed by atoms with E-state index in [0.29, 0.717) is 5.65 Å². The Hall–Kier alpha value is -1.91. The third-order valence-electron chi connectivity index (χ3n) is 1.49. The molecule has 0 amide bonds. The summed E-state index contributed by atoms with van der Waals surface area (Å²) in [6.07, 6.45) is 1.56. The summed E-state index contributed by atoms with van der Waals surface area (Å²) in [4.78, 5) is 21.0. The average molecular weight is 192 g/mol. The molecular weight excluding hydrogens is 180 g/mol. The molecule has 0 unspecified atom stereocenters. The first-order chi connectivity index (χ1) is 6.75. The van der Waals surface area contributed by atoms with Crippen molar-refractivity contribution in [2.45, 2.75) is 13.8 Å². The maximum Gasteiger partial charge on any atom is 0.249 e. The van der Waals surface area contributed by atoms with Gasteiger partial charge >= 0.3 is 0 Å². The maximum atomic E-state index is 10.8. The summed E-state index contributed by atoms with van der Waals surface area (Å²) in [5.74, 6) is 0.157. The van der Waals surface area contributed by atoms with Gasteiger partial charge in [-0.15, -0.1) is 0 Å². The highest BCUT2D eigenvalue weighted by molar-refractivity contribution is 5.73. The molecule has 0 aliphatic carbocycles. The molecule has 0 saturated carbocycles. The van der Waals surface area contributed by atoms with E-state index in [4.69, 9.17) is 5.73 Å². The minimum absolute atomic E-state index is 0.157. The summed E-state index contributed by atoms with van der Waals surface area (Å²) in [6.45, 7) is 4.00. The molecule has 5 nitrogen and oxygen atoms in total. The number of aromatic amines is 1. The van der Waals surface area contributed by atoms with Crippen molar-refractivity contribution >= 4 is 17.0 Å². The lowest BCUT2D eigenvalue weighted by molar-refractivity contribution is 1.17. The van der Waals surface area contributed by atoms with E-state index in [1.807, 2.05) is 13.8 Å². The third-order valence-corrected chi connectivity index (χ3v) is 1.49. The Labute approximate surface area is 81.0 Å². The lowest BCUT2D eigenvalue weighted by atomic mass is 10.3. The van der Waals surface area contributed by atoms with Gasteiger partial charge in [0.15, 0.2) is 0 Å². The molecule has 2 aromatic rings. The van der Waals surface area contributed by atoms with Crippen molar-refractivity contribution in [1.82, 2.24) is 15.0 Å². The lowest BCUT2D eigenvalue weighted by Crippen LogP contribution is -2.05. The quantitative estimate of drug-likeness (QED) is 0.650. The number of H-pyrrole nitrogens is 1. The van der Waals surface area contributed by atoms with Gasteiger partial charge in [0.2, 0.25) is 11.5 Å². The maximum absolute atomic E-state index is 10.8. The first-order valence-electron chi connectivity index (χ1n) is 4.37. The SMILES string of the molecule is CC.Nc1ncc2ccc(=O)[nH]c2n1. The number of fused-ring (bicyclic) bond motifs is 1. The third kappa shape index (κ3) is 2.07. The Kier molecular flexibility index (Phi) is 3.17. The molecule has 0 saturated heterocycles. The molecule has 0 aliphatic heterocycles. The van der Waals surface area contributed by atoms with Crippen LogP contribution >= 0.6 is 0 Å². The zero-order valence-corrected chi connectivity index (χ0v) is 8.11. The molecule has 74 valence electrons. The van der Waals surface area contributed by atoms with Crippen LogP contribution in [0.2, 0.25) is 0 Å². The van der Waals surface area contributed by atoms with Crippen molar-refractivity contribution in [3.05, 3.63) is 28.7 Å². The second-order valence-electron chi connectivity index (χ2n) is 2.35. The van der Waals surface area contributed by atoms with E-state index in [0.717, 1.165) is 5.39 Å². The second-order valence-corrected chi connectivity index (χ2v) is 2.35. The fraction of sp³-hybridized carbons (Fsp3) is 0.222. The topological polar surface area (TPSA) is 84.7 Å². The monoisotopic (exact) mass is 192 g/mol. The Morgan fingerprint density at radius 2 is 2.07 bits per heavy atom. The van der Waals surface area contributed by atoms with E-state index in [1.54, 1.807) is 12.3 Å². The minimum Gasteiger partial charge on any atom is -0.368 e. The highest BCUT2D eigenvalue weighted by atomic mass is 16.1. The second kappa shape index (κ2) is 4.36. The van der Waals surface area contributed by atoms with E-state index in [9.17, 15) is 4.79 Å². The van der Waals surface area contributed by atoms with Crippen LogP contribution in [0.25, 0.3) is 11.0 Å². The van der Waals surface area contributed by atoms with Gasteiger partial charge in [0, 0.05) is 17.6 Å². The summed E-state index contributed by atoms with van der Waals surface area (Å²) in [5, 5.41) is 0.767. The summed E-state index contributed by atoms with van der Waals surface area (Å²) < 4.78 is 0. The van der Waals surface area contributed by atoms with E-state index in [2.05, 4.69) is 15.0 Å². The van der Waals surface area contributed by atoms with Crippen molar-refractivity contribution in [3.8, 4) is 0 Å². The van der Waals surface area contributed by atoms with Gasteiger partial charge < -0.3 is 10.7 Å². The summed E-state index contributed by atoms with van der Waals surface area (Å²) >= 11 is 0. The van der Waals surface area contributed by atoms with Gasteiger partial charge in [-0.2, -0.15) is 4.98 Å². The van der Waals surface area contributed by atoms with Crippen LogP contribution in [0.1, 0.15) is 13.8 Å². The molecule has 0 atom stereocenters. The smallest absolute Gasteiger partial charge is 0.249 e. The van der Waals surface area contributed by atoms with Crippen molar-refractivity contribution < 1.29 is 0 Å². The van der Waals surface area contributed by atoms with Gasteiger partial charge in [-0.25, -0.2) is 4.98 Å². The Morgan fingerprint density at radius 3 is 2.79 bits per heavy atom. The summed E-state index contributed by atoms with van der Waals surface area (Å²) in [5.41, 5.74) is 5.60. The van der Waals surface area contributed by atoms with Crippen LogP contribution in [0.4, 0.5) is 5.95 Å². The molecule has 3 N–H and O–H groups in total. The number of nitrogens with two attached hydrogens (primary N) is 1. The minimum atomic E-state index is -0.194. The molecule has 0 spiro atoms. The standard InChI is InChI=1S/C7H6N4O.C2H6/c8-7-9-3-4-1-2-5(12)10-6(4)11-7;1-2/h1-3H,(H3,8,9,10,11,12);1-2H3. The van der Waals surface area contributed by atoms with Crippen LogP contribution in [0.3, 0.4) is 0 Å². The van der Waals surface area contributed by atoms with Crippen LogP contribution < -0.4 is 11.3 Å². The van der Waals surface area contributed by atoms with Crippen LogP contribution in [-0.2, 0) is 0 Å². The van der Waals surface area contributed by atoms with Crippen molar-refractivity contribution in [2.75, 3.05) is 5.73 Å².